The topological polar surface area (TPSA) is 111 Å². The van der Waals surface area contributed by atoms with Gasteiger partial charge >= 0.3 is 0 Å². The van der Waals surface area contributed by atoms with Crippen LogP contribution in [0.3, 0.4) is 0 Å². The highest BCUT2D eigenvalue weighted by molar-refractivity contribution is 7.21. The van der Waals surface area contributed by atoms with Crippen LogP contribution >= 0.6 is 11.3 Å². The number of nitrogens with zero attached hydrogens (tertiary/aromatic N) is 1. The van der Waals surface area contributed by atoms with Crippen molar-refractivity contribution in [3.8, 4) is 0 Å². The fourth-order valence-corrected chi connectivity index (χ4v) is 3.32. The van der Waals surface area contributed by atoms with E-state index in [0.29, 0.717) is 23.5 Å². The Balaban J connectivity index is 2.18. The molecule has 0 aliphatic carbocycles. The average molecular weight is 306 g/mol. The SMILES string of the molecule is Cc1cc(C)c2c(N)c(C(=O)NCCCC(N)=O)sc2n1. The molecule has 0 atom stereocenters. The van der Waals surface area contributed by atoms with Crippen molar-refractivity contribution in [1.82, 2.24) is 10.3 Å². The van der Waals surface area contributed by atoms with Crippen LogP contribution in [0, 0.1) is 13.8 Å². The molecule has 0 aliphatic rings. The highest BCUT2D eigenvalue weighted by Gasteiger charge is 2.18. The lowest BCUT2D eigenvalue weighted by atomic mass is 10.1. The van der Waals surface area contributed by atoms with E-state index in [1.807, 2.05) is 19.9 Å². The van der Waals surface area contributed by atoms with Crippen molar-refractivity contribution >= 4 is 39.1 Å². The summed E-state index contributed by atoms with van der Waals surface area (Å²) in [5.41, 5.74) is 13.5. The molecule has 0 radical (unpaired) electrons. The first kappa shape index (κ1) is 15.2. The minimum atomic E-state index is -0.374. The molecule has 0 spiro atoms. The number of aryl methyl sites for hydroxylation is 2. The van der Waals surface area contributed by atoms with Gasteiger partial charge in [0.25, 0.3) is 5.91 Å². The zero-order valence-electron chi connectivity index (χ0n) is 12.0. The Labute approximate surface area is 126 Å². The second kappa shape index (κ2) is 6.09. The minimum Gasteiger partial charge on any atom is -0.397 e. The van der Waals surface area contributed by atoms with E-state index in [-0.39, 0.29) is 18.2 Å². The summed E-state index contributed by atoms with van der Waals surface area (Å²) in [4.78, 5) is 28.4. The van der Waals surface area contributed by atoms with Gasteiger partial charge in [0.05, 0.1) is 5.69 Å². The van der Waals surface area contributed by atoms with Gasteiger partial charge in [0, 0.05) is 24.0 Å². The van der Waals surface area contributed by atoms with Crippen molar-refractivity contribution < 1.29 is 9.59 Å². The maximum Gasteiger partial charge on any atom is 0.263 e. The van der Waals surface area contributed by atoms with Gasteiger partial charge in [-0.1, -0.05) is 0 Å². The Bertz CT molecular complexity index is 709. The summed E-state index contributed by atoms with van der Waals surface area (Å²) in [5, 5.41) is 3.59. The Kier molecular flexibility index (Phi) is 4.42. The summed E-state index contributed by atoms with van der Waals surface area (Å²) in [5.74, 6) is -0.613. The summed E-state index contributed by atoms with van der Waals surface area (Å²) >= 11 is 1.28. The lowest BCUT2D eigenvalue weighted by molar-refractivity contribution is -0.118. The summed E-state index contributed by atoms with van der Waals surface area (Å²) < 4.78 is 0. The lowest BCUT2D eigenvalue weighted by Gasteiger charge is -2.03. The van der Waals surface area contributed by atoms with Crippen molar-refractivity contribution in [3.05, 3.63) is 22.2 Å². The van der Waals surface area contributed by atoms with Gasteiger partial charge in [-0.2, -0.15) is 0 Å². The van der Waals surface area contributed by atoms with Gasteiger partial charge in [0.15, 0.2) is 0 Å². The monoisotopic (exact) mass is 306 g/mol. The van der Waals surface area contributed by atoms with Crippen LogP contribution in [0.15, 0.2) is 6.07 Å². The molecular formula is C14H18N4O2S. The molecular weight excluding hydrogens is 288 g/mol. The Morgan fingerprint density at radius 2 is 2.10 bits per heavy atom. The molecule has 0 aliphatic heterocycles. The van der Waals surface area contributed by atoms with Gasteiger partial charge in [-0.05, 0) is 31.9 Å². The number of primary amides is 1. The molecule has 112 valence electrons. The molecule has 0 unspecified atom stereocenters. The Morgan fingerprint density at radius 1 is 1.38 bits per heavy atom. The van der Waals surface area contributed by atoms with Crippen LogP contribution in [-0.4, -0.2) is 23.3 Å². The smallest absolute Gasteiger partial charge is 0.263 e. The van der Waals surface area contributed by atoms with Gasteiger partial charge in [-0.25, -0.2) is 4.98 Å². The maximum atomic E-state index is 12.2. The molecule has 0 saturated heterocycles. The zero-order chi connectivity index (χ0) is 15.6. The second-order valence-corrected chi connectivity index (χ2v) is 5.93. The van der Waals surface area contributed by atoms with E-state index >= 15 is 0 Å². The molecule has 7 heteroatoms. The summed E-state index contributed by atoms with van der Waals surface area (Å²) in [6, 6.07) is 1.94. The predicted octanol–water partition coefficient (Wildman–Crippen LogP) is 1.49. The van der Waals surface area contributed by atoms with Crippen LogP contribution in [0.5, 0.6) is 0 Å². The number of carbonyl (C=O) groups is 2. The van der Waals surface area contributed by atoms with Gasteiger partial charge in [0.1, 0.15) is 9.71 Å². The molecule has 21 heavy (non-hydrogen) atoms. The van der Waals surface area contributed by atoms with Crippen LogP contribution in [-0.2, 0) is 4.79 Å². The van der Waals surface area contributed by atoms with E-state index in [1.54, 1.807) is 0 Å². The standard InChI is InChI=1S/C14H18N4O2S/c1-7-6-8(2)18-14-10(7)11(16)12(21-14)13(20)17-5-3-4-9(15)19/h6H,3-5,16H2,1-2H3,(H2,15,19)(H,17,20). The number of pyridine rings is 1. The molecule has 0 saturated carbocycles. The summed E-state index contributed by atoms with van der Waals surface area (Å²) in [7, 11) is 0. The van der Waals surface area contributed by atoms with Crippen LogP contribution in [0.4, 0.5) is 5.69 Å². The summed E-state index contributed by atoms with van der Waals surface area (Å²) in [6.07, 6.45) is 0.768. The van der Waals surface area contributed by atoms with E-state index in [1.165, 1.54) is 11.3 Å². The minimum absolute atomic E-state index is 0.239. The van der Waals surface area contributed by atoms with E-state index in [9.17, 15) is 9.59 Å². The largest absolute Gasteiger partial charge is 0.397 e. The molecule has 5 N–H and O–H groups in total. The number of amides is 2. The quantitative estimate of drug-likeness (QED) is 0.727. The number of nitrogens with two attached hydrogens (primary N) is 2. The number of nitrogen functional groups attached to an aromatic ring is 1. The molecule has 0 bridgehead atoms. The number of thiophene rings is 1. The molecule has 2 aromatic rings. The van der Waals surface area contributed by atoms with Gasteiger partial charge in [-0.3, -0.25) is 9.59 Å². The third kappa shape index (κ3) is 3.30. The number of nitrogens with one attached hydrogen (secondary N) is 1. The first-order valence-electron chi connectivity index (χ1n) is 6.63. The molecule has 0 aromatic carbocycles. The third-order valence-corrected chi connectivity index (χ3v) is 4.21. The normalized spacial score (nSPS) is 10.8. The third-order valence-electron chi connectivity index (χ3n) is 3.12. The molecule has 2 heterocycles. The van der Waals surface area contributed by atoms with Crippen molar-refractivity contribution in [1.29, 1.82) is 0 Å². The van der Waals surface area contributed by atoms with Crippen LogP contribution in [0.1, 0.15) is 33.8 Å². The first-order valence-corrected chi connectivity index (χ1v) is 7.44. The Morgan fingerprint density at radius 3 is 2.76 bits per heavy atom. The fraction of sp³-hybridized carbons (Fsp3) is 0.357. The fourth-order valence-electron chi connectivity index (χ4n) is 2.18. The lowest BCUT2D eigenvalue weighted by Crippen LogP contribution is -2.25. The number of hydrogen-bond donors (Lipinski definition) is 3. The maximum absolute atomic E-state index is 12.2. The summed E-state index contributed by atoms with van der Waals surface area (Å²) in [6.45, 7) is 4.25. The van der Waals surface area contributed by atoms with Crippen molar-refractivity contribution in [3.63, 3.8) is 0 Å². The van der Waals surface area contributed by atoms with Gasteiger partial charge in [-0.15, -0.1) is 11.3 Å². The number of carbonyl (C=O) groups excluding carboxylic acids is 2. The van der Waals surface area contributed by atoms with Crippen molar-refractivity contribution in [2.45, 2.75) is 26.7 Å². The molecule has 2 aromatic heterocycles. The van der Waals surface area contributed by atoms with Crippen LogP contribution in [0.2, 0.25) is 0 Å². The second-order valence-electron chi connectivity index (χ2n) is 4.93. The van der Waals surface area contributed by atoms with Gasteiger partial charge < -0.3 is 16.8 Å². The Hall–Kier alpha value is -2.15. The molecule has 6 nitrogen and oxygen atoms in total. The van der Waals surface area contributed by atoms with Crippen molar-refractivity contribution in [2.24, 2.45) is 5.73 Å². The number of aromatic nitrogens is 1. The van der Waals surface area contributed by atoms with Gasteiger partial charge in [0.2, 0.25) is 5.91 Å². The van der Waals surface area contributed by atoms with E-state index < -0.39 is 0 Å². The zero-order valence-corrected chi connectivity index (χ0v) is 12.8. The van der Waals surface area contributed by atoms with E-state index in [0.717, 1.165) is 21.5 Å². The number of fused-ring (bicyclic) bond motifs is 1. The molecule has 0 fully saturated rings. The highest BCUT2D eigenvalue weighted by Crippen LogP contribution is 2.34. The predicted molar refractivity (Wildman–Crippen MR) is 84.3 cm³/mol. The number of rotatable bonds is 5. The number of hydrogen-bond acceptors (Lipinski definition) is 5. The van der Waals surface area contributed by atoms with Crippen LogP contribution < -0.4 is 16.8 Å². The highest BCUT2D eigenvalue weighted by atomic mass is 32.1. The number of anilines is 1. The van der Waals surface area contributed by atoms with Crippen molar-refractivity contribution in [2.75, 3.05) is 12.3 Å². The molecule has 2 rings (SSSR count). The van der Waals surface area contributed by atoms with E-state index in [2.05, 4.69) is 10.3 Å². The first-order chi connectivity index (χ1) is 9.90. The average Bonchev–Trinajstić information content (AvgIpc) is 2.71. The molecule has 2 amide bonds. The van der Waals surface area contributed by atoms with Crippen LogP contribution in [0.25, 0.3) is 10.2 Å². The van der Waals surface area contributed by atoms with E-state index in [4.69, 9.17) is 11.5 Å².